The molecule has 16 heavy (non-hydrogen) atoms. The van der Waals surface area contributed by atoms with Crippen LogP contribution in [0, 0.1) is 0 Å². The Kier molecular flexibility index (Phi) is 2.92. The van der Waals surface area contributed by atoms with Gasteiger partial charge in [0.1, 0.15) is 11.8 Å². The lowest BCUT2D eigenvalue weighted by molar-refractivity contribution is -0.138. The number of anilines is 1. The van der Waals surface area contributed by atoms with Crippen LogP contribution in [0.4, 0.5) is 5.69 Å². The molecule has 1 heterocycles. The molecule has 1 saturated heterocycles. The number of aromatic hydroxyl groups is 1. The van der Waals surface area contributed by atoms with E-state index in [1.165, 1.54) is 12.1 Å². The molecule has 1 aliphatic heterocycles. The molecule has 5 heteroatoms. The number of benzene rings is 1. The van der Waals surface area contributed by atoms with Gasteiger partial charge in [0, 0.05) is 12.6 Å². The summed E-state index contributed by atoms with van der Waals surface area (Å²) in [5.41, 5.74) is 0.589. The lowest BCUT2D eigenvalue weighted by atomic mass is 10.2. The number of halogens is 1. The lowest BCUT2D eigenvalue weighted by Crippen LogP contribution is -2.36. The predicted octanol–water partition coefficient (Wildman–Crippen LogP) is 2.10. The summed E-state index contributed by atoms with van der Waals surface area (Å²) in [6.07, 6.45) is 1.43. The third-order valence-electron chi connectivity index (χ3n) is 2.78. The van der Waals surface area contributed by atoms with Crippen LogP contribution in [0.25, 0.3) is 0 Å². The van der Waals surface area contributed by atoms with Gasteiger partial charge in [-0.3, -0.25) is 0 Å². The molecule has 0 spiro atoms. The number of carbonyl (C=O) groups is 1. The van der Waals surface area contributed by atoms with Crippen LogP contribution >= 0.6 is 11.6 Å². The summed E-state index contributed by atoms with van der Waals surface area (Å²) in [5, 5.41) is 18.9. The van der Waals surface area contributed by atoms with E-state index < -0.39 is 12.0 Å². The molecule has 1 fully saturated rings. The third-order valence-corrected chi connectivity index (χ3v) is 3.10. The van der Waals surface area contributed by atoms with E-state index in [1.54, 1.807) is 11.0 Å². The zero-order valence-corrected chi connectivity index (χ0v) is 9.31. The van der Waals surface area contributed by atoms with Gasteiger partial charge >= 0.3 is 5.97 Å². The number of hydrogen-bond donors (Lipinski definition) is 2. The summed E-state index contributed by atoms with van der Waals surface area (Å²) in [7, 11) is 0. The highest BCUT2D eigenvalue weighted by atomic mass is 35.5. The first kappa shape index (κ1) is 11.1. The van der Waals surface area contributed by atoms with Crippen LogP contribution in [0.1, 0.15) is 12.8 Å². The van der Waals surface area contributed by atoms with Gasteiger partial charge in [0.2, 0.25) is 0 Å². The van der Waals surface area contributed by atoms with E-state index in [4.69, 9.17) is 16.7 Å². The van der Waals surface area contributed by atoms with Crippen LogP contribution < -0.4 is 4.90 Å². The molecule has 0 saturated carbocycles. The van der Waals surface area contributed by atoms with E-state index in [2.05, 4.69) is 0 Å². The minimum Gasteiger partial charge on any atom is -0.508 e. The molecular weight excluding hydrogens is 230 g/mol. The van der Waals surface area contributed by atoms with Crippen molar-refractivity contribution < 1.29 is 15.0 Å². The largest absolute Gasteiger partial charge is 0.508 e. The van der Waals surface area contributed by atoms with E-state index in [0.717, 1.165) is 6.42 Å². The maximum atomic E-state index is 11.0. The Morgan fingerprint density at radius 3 is 2.94 bits per heavy atom. The summed E-state index contributed by atoms with van der Waals surface area (Å²) < 4.78 is 0. The SMILES string of the molecule is O=C(O)C1CCCN1c1cc(O)ccc1Cl. The number of nitrogens with zero attached hydrogens (tertiary/aromatic N) is 1. The molecule has 1 aromatic rings. The third kappa shape index (κ3) is 1.93. The first-order valence-corrected chi connectivity index (χ1v) is 5.45. The maximum absolute atomic E-state index is 11.0. The second-order valence-electron chi connectivity index (χ2n) is 3.83. The molecule has 1 atom stereocenters. The summed E-state index contributed by atoms with van der Waals surface area (Å²) >= 11 is 6.00. The van der Waals surface area contributed by atoms with E-state index in [1.807, 2.05) is 0 Å². The van der Waals surface area contributed by atoms with Crippen molar-refractivity contribution in [1.82, 2.24) is 0 Å². The van der Waals surface area contributed by atoms with Crippen LogP contribution in [0.3, 0.4) is 0 Å². The topological polar surface area (TPSA) is 60.8 Å². The number of aliphatic carboxylic acids is 1. The number of phenols is 1. The normalized spacial score (nSPS) is 20.1. The van der Waals surface area contributed by atoms with Crippen molar-refractivity contribution in [3.63, 3.8) is 0 Å². The van der Waals surface area contributed by atoms with Gasteiger partial charge in [0.15, 0.2) is 0 Å². The van der Waals surface area contributed by atoms with Crippen molar-refractivity contribution in [2.45, 2.75) is 18.9 Å². The number of phenolic OH excluding ortho intramolecular Hbond substituents is 1. The number of carboxylic acid groups (broad SMARTS) is 1. The minimum atomic E-state index is -0.850. The van der Waals surface area contributed by atoms with Gasteiger partial charge in [0.25, 0.3) is 0 Å². The molecule has 0 bridgehead atoms. The number of carboxylic acids is 1. The van der Waals surface area contributed by atoms with Crippen molar-refractivity contribution in [2.75, 3.05) is 11.4 Å². The molecule has 1 unspecified atom stereocenters. The zero-order chi connectivity index (χ0) is 11.7. The minimum absolute atomic E-state index is 0.0930. The van der Waals surface area contributed by atoms with Crippen LogP contribution in [-0.4, -0.2) is 28.8 Å². The van der Waals surface area contributed by atoms with Crippen molar-refractivity contribution >= 4 is 23.3 Å². The van der Waals surface area contributed by atoms with Gasteiger partial charge in [-0.1, -0.05) is 11.6 Å². The van der Waals surface area contributed by atoms with Crippen molar-refractivity contribution in [1.29, 1.82) is 0 Å². The first-order chi connectivity index (χ1) is 7.59. The number of rotatable bonds is 2. The fourth-order valence-corrected chi connectivity index (χ4v) is 2.26. The van der Waals surface area contributed by atoms with Crippen LogP contribution in [-0.2, 0) is 4.79 Å². The second-order valence-corrected chi connectivity index (χ2v) is 4.23. The number of hydrogen-bond acceptors (Lipinski definition) is 3. The average molecular weight is 242 g/mol. The molecule has 4 nitrogen and oxygen atoms in total. The zero-order valence-electron chi connectivity index (χ0n) is 8.56. The van der Waals surface area contributed by atoms with Gasteiger partial charge in [0.05, 0.1) is 10.7 Å². The Morgan fingerprint density at radius 2 is 2.25 bits per heavy atom. The predicted molar refractivity (Wildman–Crippen MR) is 61.1 cm³/mol. The van der Waals surface area contributed by atoms with E-state index >= 15 is 0 Å². The smallest absolute Gasteiger partial charge is 0.326 e. The van der Waals surface area contributed by atoms with Gasteiger partial charge in [-0.15, -0.1) is 0 Å². The van der Waals surface area contributed by atoms with Gasteiger partial charge in [-0.25, -0.2) is 4.79 Å². The molecule has 2 rings (SSSR count). The summed E-state index contributed by atoms with van der Waals surface area (Å²) in [4.78, 5) is 12.8. The summed E-state index contributed by atoms with van der Waals surface area (Å²) in [6.45, 7) is 0.653. The fourth-order valence-electron chi connectivity index (χ4n) is 2.03. The molecule has 2 N–H and O–H groups in total. The van der Waals surface area contributed by atoms with E-state index in [9.17, 15) is 9.90 Å². The van der Waals surface area contributed by atoms with Crippen LogP contribution in [0.15, 0.2) is 18.2 Å². The maximum Gasteiger partial charge on any atom is 0.326 e. The monoisotopic (exact) mass is 241 g/mol. The molecule has 0 aliphatic carbocycles. The highest BCUT2D eigenvalue weighted by Gasteiger charge is 2.31. The summed E-state index contributed by atoms with van der Waals surface area (Å²) in [6, 6.07) is 4.02. The Labute approximate surface area is 98.1 Å². The Hall–Kier alpha value is -1.42. The standard InChI is InChI=1S/C11H12ClNO3/c12-8-4-3-7(14)6-10(8)13-5-1-2-9(13)11(15)16/h3-4,6,9,14H,1-2,5H2,(H,15,16). The quantitative estimate of drug-likeness (QED) is 0.833. The molecule has 0 radical (unpaired) electrons. The summed E-state index contributed by atoms with van der Waals surface area (Å²) in [5.74, 6) is -0.757. The fraction of sp³-hybridized carbons (Fsp3) is 0.364. The highest BCUT2D eigenvalue weighted by Crippen LogP contribution is 2.34. The molecule has 0 amide bonds. The first-order valence-electron chi connectivity index (χ1n) is 5.07. The second kappa shape index (κ2) is 4.22. The van der Waals surface area contributed by atoms with Crippen molar-refractivity contribution in [3.05, 3.63) is 23.2 Å². The van der Waals surface area contributed by atoms with E-state index in [0.29, 0.717) is 23.7 Å². The van der Waals surface area contributed by atoms with Crippen LogP contribution in [0.2, 0.25) is 5.02 Å². The molecule has 1 aliphatic rings. The van der Waals surface area contributed by atoms with Gasteiger partial charge in [-0.2, -0.15) is 0 Å². The van der Waals surface area contributed by atoms with E-state index in [-0.39, 0.29) is 5.75 Å². The molecule has 1 aromatic carbocycles. The molecule has 86 valence electrons. The van der Waals surface area contributed by atoms with Crippen LogP contribution in [0.5, 0.6) is 5.75 Å². The van der Waals surface area contributed by atoms with Gasteiger partial charge in [-0.05, 0) is 25.0 Å². The Bertz CT molecular complexity index is 422. The molecular formula is C11H12ClNO3. The highest BCUT2D eigenvalue weighted by molar-refractivity contribution is 6.33. The van der Waals surface area contributed by atoms with Crippen molar-refractivity contribution in [2.24, 2.45) is 0 Å². The van der Waals surface area contributed by atoms with Gasteiger partial charge < -0.3 is 15.1 Å². The molecule has 0 aromatic heterocycles. The Balaban J connectivity index is 2.35. The lowest BCUT2D eigenvalue weighted by Gasteiger charge is -2.24. The average Bonchev–Trinajstić information content (AvgIpc) is 2.70. The van der Waals surface area contributed by atoms with Crippen molar-refractivity contribution in [3.8, 4) is 5.75 Å². The Morgan fingerprint density at radius 1 is 1.50 bits per heavy atom.